The molecule has 0 saturated carbocycles. The zero-order valence-corrected chi connectivity index (χ0v) is 14.7. The van der Waals surface area contributed by atoms with E-state index in [4.69, 9.17) is 30.0 Å². The van der Waals surface area contributed by atoms with Crippen molar-refractivity contribution in [3.63, 3.8) is 0 Å². The van der Waals surface area contributed by atoms with Gasteiger partial charge in [-0.25, -0.2) is 14.4 Å². The van der Waals surface area contributed by atoms with Gasteiger partial charge in [0, 0.05) is 0 Å². The maximum absolute atomic E-state index is 11.6. The van der Waals surface area contributed by atoms with Crippen LogP contribution >= 0.6 is 0 Å². The predicted molar refractivity (Wildman–Crippen MR) is 89.9 cm³/mol. The van der Waals surface area contributed by atoms with Crippen LogP contribution in [0.25, 0.3) is 0 Å². The summed E-state index contributed by atoms with van der Waals surface area (Å²) in [5.74, 6) is -2.97. The standard InChI is InChI=1S/C18H17N3O6/c1-5-18(9-25-15(22)12(2)6-19,10-26-16(23)13(3)7-20)11-27-17(24)14(4)8-21/h2-5,9-11H2,1H3. The minimum atomic E-state index is -1.19. The molecule has 0 heterocycles. The van der Waals surface area contributed by atoms with Gasteiger partial charge in [-0.3, -0.25) is 0 Å². The highest BCUT2D eigenvalue weighted by Gasteiger charge is 2.35. The van der Waals surface area contributed by atoms with E-state index >= 15 is 0 Å². The first kappa shape index (κ1) is 23.1. The van der Waals surface area contributed by atoms with Crippen LogP contribution in [0.5, 0.6) is 0 Å². The summed E-state index contributed by atoms with van der Waals surface area (Å²) in [5.41, 5.74) is -2.51. The lowest BCUT2D eigenvalue weighted by molar-refractivity contribution is -0.156. The normalized spacial score (nSPS) is 9.56. The maximum Gasteiger partial charge on any atom is 0.348 e. The van der Waals surface area contributed by atoms with Gasteiger partial charge in [-0.05, 0) is 6.42 Å². The molecule has 9 heteroatoms. The van der Waals surface area contributed by atoms with Gasteiger partial charge in [0.25, 0.3) is 0 Å². The van der Waals surface area contributed by atoms with Crippen LogP contribution in [0, 0.1) is 39.4 Å². The molecule has 0 rings (SSSR count). The minimum Gasteiger partial charge on any atom is -0.461 e. The van der Waals surface area contributed by atoms with E-state index in [1.165, 1.54) is 18.2 Å². The largest absolute Gasteiger partial charge is 0.461 e. The van der Waals surface area contributed by atoms with Gasteiger partial charge in [-0.2, -0.15) is 15.8 Å². The molecule has 0 atom stereocenters. The smallest absolute Gasteiger partial charge is 0.348 e. The molecule has 0 aromatic heterocycles. The summed E-state index contributed by atoms with van der Waals surface area (Å²) in [4.78, 5) is 34.9. The van der Waals surface area contributed by atoms with Crippen molar-refractivity contribution in [1.82, 2.24) is 0 Å². The Morgan fingerprint density at radius 1 is 0.741 bits per heavy atom. The maximum atomic E-state index is 11.6. The molecule has 9 nitrogen and oxygen atoms in total. The van der Waals surface area contributed by atoms with Crippen LogP contribution in [0.3, 0.4) is 0 Å². The van der Waals surface area contributed by atoms with Gasteiger partial charge in [-0.15, -0.1) is 0 Å². The molecule has 0 aliphatic rings. The van der Waals surface area contributed by atoms with Crippen molar-refractivity contribution in [3.05, 3.63) is 36.5 Å². The Morgan fingerprint density at radius 2 is 1.00 bits per heavy atom. The highest BCUT2D eigenvalue weighted by Crippen LogP contribution is 2.25. The molecule has 0 aliphatic carbocycles. The summed E-state index contributed by atoms with van der Waals surface area (Å²) in [7, 11) is 0. The number of nitriles is 3. The molecular weight excluding hydrogens is 354 g/mol. The topological polar surface area (TPSA) is 150 Å². The van der Waals surface area contributed by atoms with Gasteiger partial charge in [0.2, 0.25) is 0 Å². The first-order valence-electron chi connectivity index (χ1n) is 7.44. The Hall–Kier alpha value is -3.90. The highest BCUT2D eigenvalue weighted by molar-refractivity contribution is 5.93. The Morgan fingerprint density at radius 3 is 1.19 bits per heavy atom. The van der Waals surface area contributed by atoms with E-state index < -0.39 is 40.0 Å². The van der Waals surface area contributed by atoms with Crippen LogP contribution in [0.2, 0.25) is 0 Å². The van der Waals surface area contributed by atoms with Crippen LogP contribution in [0.1, 0.15) is 13.3 Å². The van der Waals surface area contributed by atoms with Crippen molar-refractivity contribution in [2.45, 2.75) is 13.3 Å². The van der Waals surface area contributed by atoms with Crippen molar-refractivity contribution >= 4 is 17.9 Å². The van der Waals surface area contributed by atoms with Gasteiger partial charge in [-0.1, -0.05) is 26.7 Å². The Kier molecular flexibility index (Phi) is 9.29. The summed E-state index contributed by atoms with van der Waals surface area (Å²) in [6.07, 6.45) is 0.206. The number of carbonyl (C=O) groups excluding carboxylic acids is 3. The summed E-state index contributed by atoms with van der Waals surface area (Å²) in [6, 6.07) is 4.59. The molecule has 0 aliphatic heterocycles. The average molecular weight is 371 g/mol. The van der Waals surface area contributed by atoms with Gasteiger partial charge in [0.05, 0.1) is 5.41 Å². The third-order valence-corrected chi connectivity index (χ3v) is 3.42. The van der Waals surface area contributed by atoms with Gasteiger partial charge < -0.3 is 14.2 Å². The Labute approximate surface area is 156 Å². The molecule has 0 radical (unpaired) electrons. The van der Waals surface area contributed by atoms with Crippen molar-refractivity contribution in [2.75, 3.05) is 19.8 Å². The van der Waals surface area contributed by atoms with E-state index in [1.807, 2.05) is 0 Å². The molecule has 0 saturated heterocycles. The first-order chi connectivity index (χ1) is 12.7. The molecule has 27 heavy (non-hydrogen) atoms. The first-order valence-corrected chi connectivity index (χ1v) is 7.44. The van der Waals surface area contributed by atoms with E-state index in [1.54, 1.807) is 6.92 Å². The predicted octanol–water partition coefficient (Wildman–Crippen LogP) is 1.25. The fraction of sp³-hybridized carbons (Fsp3) is 0.333. The van der Waals surface area contributed by atoms with Crippen LogP contribution in [-0.4, -0.2) is 37.7 Å². The van der Waals surface area contributed by atoms with Crippen molar-refractivity contribution in [2.24, 2.45) is 5.41 Å². The molecule has 0 amide bonds. The molecular formula is C18H17N3O6. The fourth-order valence-corrected chi connectivity index (χ4v) is 1.49. The molecule has 0 spiro atoms. The van der Waals surface area contributed by atoms with Crippen LogP contribution < -0.4 is 0 Å². The number of ether oxygens (including phenoxy) is 3. The molecule has 0 fully saturated rings. The molecule has 140 valence electrons. The van der Waals surface area contributed by atoms with Gasteiger partial charge in [0.15, 0.2) is 0 Å². The summed E-state index contributed by atoms with van der Waals surface area (Å²) >= 11 is 0. The second kappa shape index (κ2) is 10.9. The number of esters is 3. The van der Waals surface area contributed by atoms with E-state index in [2.05, 4.69) is 19.7 Å². The molecule has 0 aromatic carbocycles. The van der Waals surface area contributed by atoms with Crippen LogP contribution in [0.4, 0.5) is 0 Å². The van der Waals surface area contributed by atoms with E-state index in [-0.39, 0.29) is 26.2 Å². The molecule has 0 aromatic rings. The number of nitrogens with zero attached hydrogens (tertiary/aromatic N) is 3. The summed E-state index contributed by atoms with van der Waals surface area (Å²) in [5, 5.41) is 26.0. The zero-order chi connectivity index (χ0) is 21.0. The average Bonchev–Trinajstić information content (AvgIpc) is 2.70. The minimum absolute atomic E-state index is 0.206. The second-order valence-electron chi connectivity index (χ2n) is 5.35. The van der Waals surface area contributed by atoms with E-state index in [9.17, 15) is 14.4 Å². The quantitative estimate of drug-likeness (QED) is 0.239. The molecule has 0 N–H and O–H groups in total. The fourth-order valence-electron chi connectivity index (χ4n) is 1.49. The van der Waals surface area contributed by atoms with Crippen LogP contribution in [-0.2, 0) is 28.6 Å². The lowest BCUT2D eigenvalue weighted by Crippen LogP contribution is -2.39. The van der Waals surface area contributed by atoms with Crippen molar-refractivity contribution < 1.29 is 28.6 Å². The highest BCUT2D eigenvalue weighted by atomic mass is 16.6. The third-order valence-electron chi connectivity index (χ3n) is 3.42. The van der Waals surface area contributed by atoms with Crippen molar-refractivity contribution in [1.29, 1.82) is 15.8 Å². The number of carbonyl (C=O) groups is 3. The summed E-state index contributed by atoms with van der Waals surface area (Å²) in [6.45, 7) is 10.1. The van der Waals surface area contributed by atoms with Gasteiger partial charge in [0.1, 0.15) is 54.7 Å². The van der Waals surface area contributed by atoms with Crippen LogP contribution in [0.15, 0.2) is 36.5 Å². The monoisotopic (exact) mass is 371 g/mol. The molecule has 0 bridgehead atoms. The molecule has 0 unspecified atom stereocenters. The SMILES string of the molecule is C=C(C#N)C(=O)OCC(CC)(COC(=O)C(=C)C#N)COC(=O)C(=C)C#N. The van der Waals surface area contributed by atoms with Gasteiger partial charge >= 0.3 is 17.9 Å². The van der Waals surface area contributed by atoms with E-state index in [0.717, 1.165) is 0 Å². The number of hydrogen-bond donors (Lipinski definition) is 0. The lowest BCUT2D eigenvalue weighted by atomic mass is 9.88. The lowest BCUT2D eigenvalue weighted by Gasteiger charge is -2.30. The third kappa shape index (κ3) is 7.25. The summed E-state index contributed by atoms with van der Waals surface area (Å²) < 4.78 is 14.9. The second-order valence-corrected chi connectivity index (χ2v) is 5.35. The number of rotatable bonds is 10. The zero-order valence-electron chi connectivity index (χ0n) is 14.7. The van der Waals surface area contributed by atoms with E-state index in [0.29, 0.717) is 0 Å². The Bertz CT molecular complexity index is 689. The Balaban J connectivity index is 5.32. The van der Waals surface area contributed by atoms with Crippen molar-refractivity contribution in [3.8, 4) is 18.2 Å². The number of hydrogen-bond acceptors (Lipinski definition) is 9.